The summed E-state index contributed by atoms with van der Waals surface area (Å²) in [4.78, 5) is 1.35. The number of hydrogen-bond donors (Lipinski definition) is 1. The van der Waals surface area contributed by atoms with Crippen molar-refractivity contribution in [1.29, 1.82) is 0 Å². The third kappa shape index (κ3) is 1.71. The van der Waals surface area contributed by atoms with Crippen LogP contribution in [0.1, 0.15) is 30.2 Å². The molecule has 0 saturated carbocycles. The average molecular weight is 197 g/mol. The second-order valence-corrected chi connectivity index (χ2v) is 4.59. The van der Waals surface area contributed by atoms with Gasteiger partial charge in [-0.1, -0.05) is 13.8 Å². The molecule has 0 saturated heterocycles. The maximum atomic E-state index is 5.73. The molecule has 1 aliphatic rings. The Hall–Kier alpha value is -0.540. The van der Waals surface area contributed by atoms with Crippen LogP contribution in [-0.4, -0.2) is 13.2 Å². The van der Waals surface area contributed by atoms with E-state index in [1.807, 2.05) is 0 Å². The Morgan fingerprint density at radius 2 is 2.38 bits per heavy atom. The Bertz CT molecular complexity index is 293. The zero-order valence-corrected chi connectivity index (χ0v) is 8.91. The van der Waals surface area contributed by atoms with E-state index < -0.39 is 0 Å². The molecule has 0 aromatic carbocycles. The fourth-order valence-electron chi connectivity index (χ4n) is 1.51. The smallest absolute Gasteiger partial charge is 0.137 e. The minimum Gasteiger partial charge on any atom is -0.491 e. The van der Waals surface area contributed by atoms with E-state index >= 15 is 0 Å². The number of ether oxygens (including phenoxy) is 1. The zero-order valence-electron chi connectivity index (χ0n) is 8.09. The molecule has 1 aromatic heterocycles. The molecule has 0 aliphatic carbocycles. The second kappa shape index (κ2) is 3.68. The molecule has 0 bridgehead atoms. The number of fused-ring (bicyclic) bond motifs is 1. The molecule has 72 valence electrons. The molecule has 0 spiro atoms. The normalized spacial score (nSPS) is 16.5. The van der Waals surface area contributed by atoms with Crippen molar-refractivity contribution in [3.8, 4) is 5.75 Å². The fraction of sp³-hybridized carbons (Fsp3) is 0.600. The summed E-state index contributed by atoms with van der Waals surface area (Å²) in [5, 5.41) is 5.57. The molecule has 0 fully saturated rings. The van der Waals surface area contributed by atoms with Gasteiger partial charge in [0, 0.05) is 18.7 Å². The second-order valence-electron chi connectivity index (χ2n) is 3.62. The summed E-state index contributed by atoms with van der Waals surface area (Å²) in [6, 6.07) is 0. The number of nitrogens with one attached hydrogen (secondary N) is 1. The molecule has 2 heterocycles. The molecule has 3 heteroatoms. The lowest BCUT2D eigenvalue weighted by molar-refractivity contribution is 0.322. The first-order valence-electron chi connectivity index (χ1n) is 4.73. The van der Waals surface area contributed by atoms with Gasteiger partial charge in [0.05, 0.1) is 4.88 Å². The highest BCUT2D eigenvalue weighted by Gasteiger charge is 2.17. The Morgan fingerprint density at radius 3 is 3.15 bits per heavy atom. The van der Waals surface area contributed by atoms with Crippen molar-refractivity contribution in [3.05, 3.63) is 15.8 Å². The maximum absolute atomic E-state index is 5.73. The van der Waals surface area contributed by atoms with Crippen LogP contribution in [-0.2, 0) is 6.54 Å². The van der Waals surface area contributed by atoms with Gasteiger partial charge >= 0.3 is 0 Å². The molecule has 1 N–H and O–H groups in total. The molecule has 2 nitrogen and oxygen atoms in total. The van der Waals surface area contributed by atoms with E-state index in [0.29, 0.717) is 5.92 Å². The lowest BCUT2D eigenvalue weighted by atomic mass is 10.1. The van der Waals surface area contributed by atoms with Crippen LogP contribution >= 0.6 is 11.3 Å². The van der Waals surface area contributed by atoms with Crippen LogP contribution in [0.2, 0.25) is 0 Å². The summed E-state index contributed by atoms with van der Waals surface area (Å²) in [6.07, 6.45) is 0. The quantitative estimate of drug-likeness (QED) is 0.746. The minimum absolute atomic E-state index is 0.568. The van der Waals surface area contributed by atoms with Crippen LogP contribution in [0.3, 0.4) is 0 Å². The standard InChI is InChI=1S/C10H15NOS/c1-7(2)8-6-13-9-5-11-3-4-12-10(8)9/h6-7,11H,3-5H2,1-2H3. The summed E-state index contributed by atoms with van der Waals surface area (Å²) in [7, 11) is 0. The molecule has 0 unspecified atom stereocenters. The largest absolute Gasteiger partial charge is 0.491 e. The number of rotatable bonds is 1. The predicted octanol–water partition coefficient (Wildman–Crippen LogP) is 2.35. The third-order valence-corrected chi connectivity index (χ3v) is 3.26. The lowest BCUT2D eigenvalue weighted by Crippen LogP contribution is -2.16. The fourth-order valence-corrected chi connectivity index (χ4v) is 2.63. The number of thiophene rings is 1. The van der Waals surface area contributed by atoms with Crippen molar-refractivity contribution < 1.29 is 4.74 Å². The molecule has 13 heavy (non-hydrogen) atoms. The first-order valence-corrected chi connectivity index (χ1v) is 5.60. The Kier molecular flexibility index (Phi) is 2.56. The lowest BCUT2D eigenvalue weighted by Gasteiger charge is -2.08. The van der Waals surface area contributed by atoms with E-state index in [9.17, 15) is 0 Å². The predicted molar refractivity (Wildman–Crippen MR) is 55.6 cm³/mol. The van der Waals surface area contributed by atoms with E-state index in [2.05, 4.69) is 24.5 Å². The summed E-state index contributed by atoms with van der Waals surface area (Å²) in [5.41, 5.74) is 1.36. The highest BCUT2D eigenvalue weighted by Crippen LogP contribution is 2.36. The van der Waals surface area contributed by atoms with Gasteiger partial charge in [-0.3, -0.25) is 0 Å². The van der Waals surface area contributed by atoms with Crippen LogP contribution in [0.15, 0.2) is 5.38 Å². The average Bonchev–Trinajstić information content (AvgIpc) is 2.36. The molecule has 0 atom stereocenters. The van der Waals surface area contributed by atoms with Crippen molar-refractivity contribution in [2.45, 2.75) is 26.3 Å². The summed E-state index contributed by atoms with van der Waals surface area (Å²) in [6.45, 7) is 7.14. The Morgan fingerprint density at radius 1 is 1.54 bits per heavy atom. The maximum Gasteiger partial charge on any atom is 0.137 e. The van der Waals surface area contributed by atoms with Gasteiger partial charge in [-0.05, 0) is 11.3 Å². The van der Waals surface area contributed by atoms with Crippen molar-refractivity contribution in [3.63, 3.8) is 0 Å². The summed E-state index contributed by atoms with van der Waals surface area (Å²) >= 11 is 1.81. The van der Waals surface area contributed by atoms with E-state index in [4.69, 9.17) is 4.74 Å². The molecular weight excluding hydrogens is 182 g/mol. The van der Waals surface area contributed by atoms with Gasteiger partial charge in [-0.15, -0.1) is 11.3 Å². The first-order chi connectivity index (χ1) is 6.29. The van der Waals surface area contributed by atoms with Crippen molar-refractivity contribution in [1.82, 2.24) is 5.32 Å². The SMILES string of the molecule is CC(C)c1csc2c1OCCNC2. The minimum atomic E-state index is 0.568. The van der Waals surface area contributed by atoms with E-state index in [-0.39, 0.29) is 0 Å². The van der Waals surface area contributed by atoms with Gasteiger partial charge < -0.3 is 10.1 Å². The molecule has 0 radical (unpaired) electrons. The summed E-state index contributed by atoms with van der Waals surface area (Å²) in [5.74, 6) is 1.71. The van der Waals surface area contributed by atoms with Crippen LogP contribution in [0.5, 0.6) is 5.75 Å². The zero-order chi connectivity index (χ0) is 9.26. The molecule has 1 aromatic rings. The van der Waals surface area contributed by atoms with Crippen molar-refractivity contribution in [2.24, 2.45) is 0 Å². The van der Waals surface area contributed by atoms with Crippen LogP contribution in [0, 0.1) is 0 Å². The highest BCUT2D eigenvalue weighted by molar-refractivity contribution is 7.10. The Labute approximate surface area is 82.9 Å². The molecule has 2 rings (SSSR count). The first kappa shape index (κ1) is 9.03. The van der Waals surface area contributed by atoms with Crippen LogP contribution in [0.4, 0.5) is 0 Å². The van der Waals surface area contributed by atoms with Gasteiger partial charge in [0.2, 0.25) is 0 Å². The van der Waals surface area contributed by atoms with Crippen LogP contribution in [0.25, 0.3) is 0 Å². The van der Waals surface area contributed by atoms with Crippen molar-refractivity contribution in [2.75, 3.05) is 13.2 Å². The number of hydrogen-bond acceptors (Lipinski definition) is 3. The van der Waals surface area contributed by atoms with E-state index in [1.165, 1.54) is 10.4 Å². The van der Waals surface area contributed by atoms with Gasteiger partial charge in [-0.2, -0.15) is 0 Å². The van der Waals surface area contributed by atoms with Gasteiger partial charge in [0.25, 0.3) is 0 Å². The van der Waals surface area contributed by atoms with Gasteiger partial charge in [0.1, 0.15) is 12.4 Å². The summed E-state index contributed by atoms with van der Waals surface area (Å²) < 4.78 is 5.73. The topological polar surface area (TPSA) is 21.3 Å². The van der Waals surface area contributed by atoms with E-state index in [1.54, 1.807) is 11.3 Å². The van der Waals surface area contributed by atoms with Crippen molar-refractivity contribution >= 4 is 11.3 Å². The highest BCUT2D eigenvalue weighted by atomic mass is 32.1. The van der Waals surface area contributed by atoms with Gasteiger partial charge in [-0.25, -0.2) is 0 Å². The third-order valence-electron chi connectivity index (χ3n) is 2.28. The molecule has 1 aliphatic heterocycles. The Balaban J connectivity index is 2.34. The van der Waals surface area contributed by atoms with Gasteiger partial charge in [0.15, 0.2) is 0 Å². The molecule has 0 amide bonds. The van der Waals surface area contributed by atoms with E-state index in [0.717, 1.165) is 25.4 Å². The molecular formula is C10H15NOS. The van der Waals surface area contributed by atoms with Crippen LogP contribution < -0.4 is 10.1 Å². The monoisotopic (exact) mass is 197 g/mol.